The molecule has 1 aromatic carbocycles. The van der Waals surface area contributed by atoms with Gasteiger partial charge in [0.2, 0.25) is 5.13 Å². The summed E-state index contributed by atoms with van der Waals surface area (Å²) in [4.78, 5) is 2.17. The highest BCUT2D eigenvalue weighted by molar-refractivity contribution is 7.73. The summed E-state index contributed by atoms with van der Waals surface area (Å²) in [5.41, 5.74) is 1.19. The Kier molecular flexibility index (Phi) is 5.60. The molecule has 0 aliphatic rings. The molecular weight excluding hydrogens is 336 g/mol. The van der Waals surface area contributed by atoms with Gasteiger partial charge in [-0.05, 0) is 57.7 Å². The van der Waals surface area contributed by atoms with E-state index in [1.807, 2.05) is 36.0 Å². The Morgan fingerprint density at radius 3 is 2.55 bits per heavy atom. The van der Waals surface area contributed by atoms with Crippen molar-refractivity contribution in [3.63, 3.8) is 0 Å². The molecule has 0 amide bonds. The highest BCUT2D eigenvalue weighted by Gasteiger charge is 2.13. The van der Waals surface area contributed by atoms with Crippen LogP contribution < -0.4 is 5.32 Å². The zero-order valence-corrected chi connectivity index (χ0v) is 15.6. The summed E-state index contributed by atoms with van der Waals surface area (Å²) in [6.45, 7) is 7.79. The first-order valence-electron chi connectivity index (χ1n) is 7.02. The van der Waals surface area contributed by atoms with Crippen molar-refractivity contribution in [1.82, 2.24) is 14.7 Å². The van der Waals surface area contributed by atoms with Crippen LogP contribution in [0.4, 0.5) is 5.13 Å². The van der Waals surface area contributed by atoms with E-state index < -0.39 is 0 Å². The first kappa shape index (κ1) is 17.4. The van der Waals surface area contributed by atoms with Gasteiger partial charge in [-0.15, -0.1) is 5.10 Å². The summed E-state index contributed by atoms with van der Waals surface area (Å²) in [5, 5.41) is 9.52. The summed E-state index contributed by atoms with van der Waals surface area (Å²) in [5.74, 6) is 0. The van der Waals surface area contributed by atoms with Crippen molar-refractivity contribution in [2.75, 3.05) is 12.4 Å². The molecule has 22 heavy (non-hydrogen) atoms. The third kappa shape index (κ3) is 5.35. The number of rotatable bonds is 5. The monoisotopic (exact) mass is 356 g/mol. The highest BCUT2D eigenvalue weighted by atomic mass is 35.5. The second kappa shape index (κ2) is 7.08. The molecule has 0 aliphatic heterocycles. The van der Waals surface area contributed by atoms with Crippen molar-refractivity contribution in [2.24, 2.45) is 0 Å². The van der Waals surface area contributed by atoms with Crippen LogP contribution in [0.3, 0.4) is 0 Å². The van der Waals surface area contributed by atoms with Crippen molar-refractivity contribution in [1.29, 1.82) is 0 Å². The molecule has 0 unspecified atom stereocenters. The largest absolute Gasteiger partial charge is 0.356 e. The number of halogens is 1. The first-order chi connectivity index (χ1) is 10.2. The fourth-order valence-corrected chi connectivity index (χ4v) is 3.27. The van der Waals surface area contributed by atoms with Gasteiger partial charge in [0.15, 0.2) is 3.95 Å². The second-order valence-corrected chi connectivity index (χ2v) is 8.39. The van der Waals surface area contributed by atoms with E-state index in [4.69, 9.17) is 23.8 Å². The number of hydrogen-bond acceptors (Lipinski definition) is 5. The Morgan fingerprint density at radius 2 is 1.95 bits per heavy atom. The predicted octanol–water partition coefficient (Wildman–Crippen LogP) is 4.63. The maximum Gasteiger partial charge on any atom is 0.205 e. The van der Waals surface area contributed by atoms with Gasteiger partial charge >= 0.3 is 0 Å². The molecule has 1 heterocycles. The van der Waals surface area contributed by atoms with E-state index in [2.05, 4.69) is 36.1 Å². The minimum Gasteiger partial charge on any atom is -0.356 e. The molecular formula is C15H21ClN4S2. The average Bonchev–Trinajstić information content (AvgIpc) is 2.70. The molecule has 2 rings (SSSR count). The Labute approximate surface area is 145 Å². The molecule has 1 aromatic heterocycles. The van der Waals surface area contributed by atoms with E-state index in [1.54, 1.807) is 0 Å². The third-order valence-electron chi connectivity index (χ3n) is 2.83. The fourth-order valence-electron chi connectivity index (χ4n) is 1.95. The van der Waals surface area contributed by atoms with Crippen LogP contribution in [0.5, 0.6) is 0 Å². The van der Waals surface area contributed by atoms with E-state index in [0.29, 0.717) is 6.67 Å². The zero-order chi connectivity index (χ0) is 16.3. The Balaban J connectivity index is 2.01. The van der Waals surface area contributed by atoms with Crippen LogP contribution in [-0.2, 0) is 13.2 Å². The molecule has 0 bridgehead atoms. The summed E-state index contributed by atoms with van der Waals surface area (Å²) in [7, 11) is 2.05. The number of anilines is 1. The van der Waals surface area contributed by atoms with Crippen LogP contribution in [0, 0.1) is 3.95 Å². The SMILES string of the molecule is CN(Cc1ccc(Cl)cc1)Cn1nc(NC(C)(C)C)sc1=S. The van der Waals surface area contributed by atoms with Crippen LogP contribution in [-0.4, -0.2) is 27.3 Å². The van der Waals surface area contributed by atoms with Crippen LogP contribution in [0.25, 0.3) is 0 Å². The minimum atomic E-state index is -0.0212. The first-order valence-corrected chi connectivity index (χ1v) is 8.62. The summed E-state index contributed by atoms with van der Waals surface area (Å²) in [6, 6.07) is 7.88. The predicted molar refractivity (Wildman–Crippen MR) is 97.2 cm³/mol. The standard InChI is InChI=1S/C15H21ClN4S2/c1-15(2,3)17-13-18-20(14(21)22-13)10-19(4)9-11-5-7-12(16)8-6-11/h5-8H,9-10H2,1-4H3,(H,17,18). The Bertz CT molecular complexity index is 670. The molecule has 4 nitrogen and oxygen atoms in total. The van der Waals surface area contributed by atoms with Crippen LogP contribution in [0.1, 0.15) is 26.3 Å². The maximum absolute atomic E-state index is 5.91. The van der Waals surface area contributed by atoms with Gasteiger partial charge in [-0.2, -0.15) is 0 Å². The van der Waals surface area contributed by atoms with Crippen molar-refractivity contribution >= 4 is 40.3 Å². The number of nitrogens with zero attached hydrogens (tertiary/aromatic N) is 3. The van der Waals surface area contributed by atoms with Gasteiger partial charge in [0, 0.05) is 17.1 Å². The minimum absolute atomic E-state index is 0.0212. The highest BCUT2D eigenvalue weighted by Crippen LogP contribution is 2.19. The normalized spacial score (nSPS) is 11.9. The van der Waals surface area contributed by atoms with Crippen LogP contribution in [0.2, 0.25) is 5.02 Å². The molecule has 2 aromatic rings. The molecule has 0 atom stereocenters. The van der Waals surface area contributed by atoms with Crippen molar-refractivity contribution in [3.05, 3.63) is 38.8 Å². The molecule has 0 fully saturated rings. The third-order valence-corrected chi connectivity index (χ3v) is 4.30. The van der Waals surface area contributed by atoms with Gasteiger partial charge in [0.1, 0.15) is 0 Å². The summed E-state index contributed by atoms with van der Waals surface area (Å²) < 4.78 is 2.62. The maximum atomic E-state index is 5.91. The zero-order valence-electron chi connectivity index (χ0n) is 13.3. The number of benzene rings is 1. The van der Waals surface area contributed by atoms with Gasteiger partial charge in [0.25, 0.3) is 0 Å². The quantitative estimate of drug-likeness (QED) is 0.792. The molecule has 0 saturated heterocycles. The fraction of sp³-hybridized carbons (Fsp3) is 0.467. The summed E-state index contributed by atoms with van der Waals surface area (Å²) in [6.07, 6.45) is 0. The van der Waals surface area contributed by atoms with Gasteiger partial charge < -0.3 is 5.32 Å². The van der Waals surface area contributed by atoms with E-state index >= 15 is 0 Å². The van der Waals surface area contributed by atoms with Crippen molar-refractivity contribution in [3.8, 4) is 0 Å². The number of nitrogens with one attached hydrogen (secondary N) is 1. The van der Waals surface area contributed by atoms with Gasteiger partial charge in [-0.3, -0.25) is 4.90 Å². The average molecular weight is 357 g/mol. The lowest BCUT2D eigenvalue weighted by Crippen LogP contribution is -2.26. The Morgan fingerprint density at radius 1 is 1.32 bits per heavy atom. The molecule has 0 radical (unpaired) electrons. The van der Waals surface area contributed by atoms with E-state index in [0.717, 1.165) is 20.7 Å². The van der Waals surface area contributed by atoms with Gasteiger partial charge in [0.05, 0.1) is 6.67 Å². The van der Waals surface area contributed by atoms with E-state index in [1.165, 1.54) is 16.9 Å². The Hall–Kier alpha value is -0.950. The van der Waals surface area contributed by atoms with Crippen LogP contribution in [0.15, 0.2) is 24.3 Å². The van der Waals surface area contributed by atoms with Crippen LogP contribution >= 0.6 is 35.2 Å². The second-order valence-electron chi connectivity index (χ2n) is 6.33. The molecule has 1 N–H and O–H groups in total. The lowest BCUT2D eigenvalue weighted by molar-refractivity contribution is 0.245. The lowest BCUT2D eigenvalue weighted by Gasteiger charge is -2.19. The number of aromatic nitrogens is 2. The van der Waals surface area contributed by atoms with E-state index in [9.17, 15) is 0 Å². The van der Waals surface area contributed by atoms with E-state index in [-0.39, 0.29) is 5.54 Å². The molecule has 0 saturated carbocycles. The van der Waals surface area contributed by atoms with Crippen molar-refractivity contribution in [2.45, 2.75) is 39.5 Å². The van der Waals surface area contributed by atoms with Crippen molar-refractivity contribution < 1.29 is 0 Å². The topological polar surface area (TPSA) is 33.1 Å². The summed E-state index contributed by atoms with van der Waals surface area (Å²) >= 11 is 12.8. The van der Waals surface area contributed by atoms with Gasteiger partial charge in [-0.1, -0.05) is 35.1 Å². The molecule has 0 aliphatic carbocycles. The van der Waals surface area contributed by atoms with Gasteiger partial charge in [-0.25, -0.2) is 4.68 Å². The lowest BCUT2D eigenvalue weighted by atomic mass is 10.1. The molecule has 120 valence electrons. The number of hydrogen-bond donors (Lipinski definition) is 1. The molecule has 7 heteroatoms. The smallest absolute Gasteiger partial charge is 0.205 e. The molecule has 0 spiro atoms.